The van der Waals surface area contributed by atoms with Crippen molar-refractivity contribution in [2.24, 2.45) is 7.05 Å². The lowest BCUT2D eigenvalue weighted by Gasteiger charge is -2.15. The van der Waals surface area contributed by atoms with Gasteiger partial charge in [-0.25, -0.2) is 0 Å². The lowest BCUT2D eigenvalue weighted by atomic mass is 10.2. The summed E-state index contributed by atoms with van der Waals surface area (Å²) in [5.74, 6) is 2.00. The molecule has 3 aromatic rings. The number of benzene rings is 1. The SMILES string of the molecule is Cc1nn(C)c(N(C)C)c1CNCc1nncn1-c1ccccc1. The molecule has 0 aliphatic heterocycles. The molecule has 126 valence electrons. The van der Waals surface area contributed by atoms with E-state index < -0.39 is 0 Å². The van der Waals surface area contributed by atoms with Gasteiger partial charge in [0, 0.05) is 38.9 Å². The number of rotatable bonds is 6. The van der Waals surface area contributed by atoms with E-state index in [4.69, 9.17) is 0 Å². The predicted octanol–water partition coefficient (Wildman–Crippen LogP) is 1.67. The third-order valence-corrected chi connectivity index (χ3v) is 3.97. The quantitative estimate of drug-likeness (QED) is 0.747. The molecule has 2 heterocycles. The molecule has 0 saturated heterocycles. The maximum atomic E-state index is 4.51. The normalized spacial score (nSPS) is 11.0. The van der Waals surface area contributed by atoms with Crippen molar-refractivity contribution < 1.29 is 0 Å². The van der Waals surface area contributed by atoms with E-state index in [-0.39, 0.29) is 0 Å². The Bertz CT molecular complexity index is 802. The van der Waals surface area contributed by atoms with Gasteiger partial charge in [-0.1, -0.05) is 18.2 Å². The predicted molar refractivity (Wildman–Crippen MR) is 94.2 cm³/mol. The summed E-state index contributed by atoms with van der Waals surface area (Å²) in [7, 11) is 6.04. The number of nitrogens with one attached hydrogen (secondary N) is 1. The first-order valence-corrected chi connectivity index (χ1v) is 7.92. The Labute approximate surface area is 141 Å². The standard InChI is InChI=1S/C17H23N7/c1-13-15(17(22(2)3)23(4)21-13)10-18-11-16-20-19-12-24(16)14-8-6-5-7-9-14/h5-9,12,18H,10-11H2,1-4H3. The minimum absolute atomic E-state index is 0.635. The van der Waals surface area contributed by atoms with Crippen LogP contribution >= 0.6 is 0 Å². The number of hydrogen-bond acceptors (Lipinski definition) is 5. The van der Waals surface area contributed by atoms with Crippen LogP contribution in [-0.2, 0) is 20.1 Å². The number of para-hydroxylation sites is 1. The number of aromatic nitrogens is 5. The Morgan fingerprint density at radius 2 is 1.88 bits per heavy atom. The van der Waals surface area contributed by atoms with Crippen LogP contribution in [0.3, 0.4) is 0 Å². The van der Waals surface area contributed by atoms with Gasteiger partial charge in [0.15, 0.2) is 5.82 Å². The average Bonchev–Trinajstić information content (AvgIpc) is 3.13. The Hall–Kier alpha value is -2.67. The molecular formula is C17H23N7. The fourth-order valence-electron chi connectivity index (χ4n) is 2.94. The molecular weight excluding hydrogens is 302 g/mol. The number of nitrogens with zero attached hydrogens (tertiary/aromatic N) is 6. The number of hydrogen-bond donors (Lipinski definition) is 1. The van der Waals surface area contributed by atoms with Crippen LogP contribution in [0.2, 0.25) is 0 Å². The van der Waals surface area contributed by atoms with Crippen LogP contribution in [0.5, 0.6) is 0 Å². The topological polar surface area (TPSA) is 63.8 Å². The molecule has 0 saturated carbocycles. The molecule has 0 bridgehead atoms. The molecule has 24 heavy (non-hydrogen) atoms. The zero-order valence-electron chi connectivity index (χ0n) is 14.6. The van der Waals surface area contributed by atoms with Crippen LogP contribution in [0.15, 0.2) is 36.7 Å². The van der Waals surface area contributed by atoms with Gasteiger partial charge in [-0.3, -0.25) is 9.25 Å². The Kier molecular flexibility index (Phi) is 4.61. The summed E-state index contributed by atoms with van der Waals surface area (Å²) < 4.78 is 3.91. The van der Waals surface area contributed by atoms with Crippen molar-refractivity contribution in [3.63, 3.8) is 0 Å². The lowest BCUT2D eigenvalue weighted by Crippen LogP contribution is -2.20. The van der Waals surface area contributed by atoms with E-state index in [0.717, 1.165) is 29.6 Å². The summed E-state index contributed by atoms with van der Waals surface area (Å²) in [6.07, 6.45) is 1.74. The zero-order valence-corrected chi connectivity index (χ0v) is 14.6. The van der Waals surface area contributed by atoms with Crippen LogP contribution in [0.25, 0.3) is 5.69 Å². The van der Waals surface area contributed by atoms with Crippen molar-refractivity contribution in [3.05, 3.63) is 53.7 Å². The van der Waals surface area contributed by atoms with E-state index in [9.17, 15) is 0 Å². The van der Waals surface area contributed by atoms with Crippen molar-refractivity contribution >= 4 is 5.82 Å². The second-order valence-electron chi connectivity index (χ2n) is 5.96. The molecule has 0 spiro atoms. The smallest absolute Gasteiger partial charge is 0.151 e. The highest BCUT2D eigenvalue weighted by atomic mass is 15.4. The second kappa shape index (κ2) is 6.84. The molecule has 7 nitrogen and oxygen atoms in total. The minimum atomic E-state index is 0.635. The molecule has 0 radical (unpaired) electrons. The third-order valence-electron chi connectivity index (χ3n) is 3.97. The summed E-state index contributed by atoms with van der Waals surface area (Å²) in [6, 6.07) is 10.1. The highest BCUT2D eigenvalue weighted by Crippen LogP contribution is 2.21. The van der Waals surface area contributed by atoms with Gasteiger partial charge < -0.3 is 10.2 Å². The van der Waals surface area contributed by atoms with Crippen LogP contribution in [0.1, 0.15) is 17.1 Å². The molecule has 2 aromatic heterocycles. The summed E-state index contributed by atoms with van der Waals surface area (Å²) in [6.45, 7) is 3.40. The number of aryl methyl sites for hydroxylation is 2. The van der Waals surface area contributed by atoms with Crippen molar-refractivity contribution in [2.75, 3.05) is 19.0 Å². The van der Waals surface area contributed by atoms with E-state index in [1.54, 1.807) is 6.33 Å². The zero-order chi connectivity index (χ0) is 17.1. The van der Waals surface area contributed by atoms with Gasteiger partial charge in [-0.2, -0.15) is 5.10 Å². The molecule has 0 fully saturated rings. The second-order valence-corrected chi connectivity index (χ2v) is 5.96. The fraction of sp³-hybridized carbons (Fsp3) is 0.353. The van der Waals surface area contributed by atoms with Gasteiger partial charge in [0.1, 0.15) is 12.1 Å². The molecule has 0 amide bonds. The Morgan fingerprint density at radius 3 is 2.58 bits per heavy atom. The maximum Gasteiger partial charge on any atom is 0.151 e. The van der Waals surface area contributed by atoms with Crippen molar-refractivity contribution in [1.82, 2.24) is 29.9 Å². The van der Waals surface area contributed by atoms with Gasteiger partial charge in [0.25, 0.3) is 0 Å². The molecule has 3 rings (SSSR count). The van der Waals surface area contributed by atoms with Crippen LogP contribution < -0.4 is 10.2 Å². The van der Waals surface area contributed by atoms with Crippen LogP contribution in [-0.4, -0.2) is 38.6 Å². The summed E-state index contributed by atoms with van der Waals surface area (Å²) in [5, 5.41) is 16.2. The monoisotopic (exact) mass is 325 g/mol. The molecule has 0 aliphatic carbocycles. The van der Waals surface area contributed by atoms with Crippen LogP contribution in [0, 0.1) is 6.92 Å². The van der Waals surface area contributed by atoms with Gasteiger partial charge in [0.05, 0.1) is 12.2 Å². The molecule has 0 atom stereocenters. The summed E-state index contributed by atoms with van der Waals surface area (Å²) in [5.41, 5.74) is 3.30. The van der Waals surface area contributed by atoms with Crippen molar-refractivity contribution in [2.45, 2.75) is 20.0 Å². The van der Waals surface area contributed by atoms with Gasteiger partial charge in [-0.05, 0) is 19.1 Å². The van der Waals surface area contributed by atoms with E-state index in [0.29, 0.717) is 6.54 Å². The molecule has 1 N–H and O–H groups in total. The van der Waals surface area contributed by atoms with Crippen molar-refractivity contribution in [3.8, 4) is 5.69 Å². The first kappa shape index (κ1) is 16.2. The van der Waals surface area contributed by atoms with Crippen molar-refractivity contribution in [1.29, 1.82) is 0 Å². The lowest BCUT2D eigenvalue weighted by molar-refractivity contribution is 0.649. The summed E-state index contributed by atoms with van der Waals surface area (Å²) >= 11 is 0. The molecule has 0 unspecified atom stereocenters. The highest BCUT2D eigenvalue weighted by molar-refractivity contribution is 5.48. The third kappa shape index (κ3) is 3.16. The Morgan fingerprint density at radius 1 is 1.12 bits per heavy atom. The number of anilines is 1. The molecule has 7 heteroatoms. The maximum absolute atomic E-state index is 4.51. The van der Waals surface area contributed by atoms with Crippen LogP contribution in [0.4, 0.5) is 5.82 Å². The minimum Gasteiger partial charge on any atom is -0.363 e. The largest absolute Gasteiger partial charge is 0.363 e. The highest BCUT2D eigenvalue weighted by Gasteiger charge is 2.15. The Balaban J connectivity index is 1.72. The average molecular weight is 325 g/mol. The molecule has 0 aliphatic rings. The van der Waals surface area contributed by atoms with E-state index in [1.165, 1.54) is 5.56 Å². The van der Waals surface area contributed by atoms with Gasteiger partial charge in [-0.15, -0.1) is 10.2 Å². The van der Waals surface area contributed by atoms with Gasteiger partial charge >= 0.3 is 0 Å². The van der Waals surface area contributed by atoms with E-state index >= 15 is 0 Å². The van der Waals surface area contributed by atoms with E-state index in [2.05, 4.69) is 25.5 Å². The van der Waals surface area contributed by atoms with E-state index in [1.807, 2.05) is 67.6 Å². The van der Waals surface area contributed by atoms with Gasteiger partial charge in [0.2, 0.25) is 0 Å². The first-order chi connectivity index (χ1) is 11.6. The molecule has 1 aromatic carbocycles. The fourth-order valence-corrected chi connectivity index (χ4v) is 2.94. The summed E-state index contributed by atoms with van der Waals surface area (Å²) in [4.78, 5) is 2.09. The first-order valence-electron chi connectivity index (χ1n) is 7.92.